The van der Waals surface area contributed by atoms with Gasteiger partial charge < -0.3 is 10.8 Å². The van der Waals surface area contributed by atoms with Crippen LogP contribution in [0.15, 0.2) is 24.3 Å². The maximum atomic E-state index is 11.5. The van der Waals surface area contributed by atoms with E-state index in [0.717, 1.165) is 6.26 Å². The van der Waals surface area contributed by atoms with Crippen LogP contribution >= 0.6 is 0 Å². The van der Waals surface area contributed by atoms with Gasteiger partial charge in [0.25, 0.3) is 0 Å². The molecule has 0 bridgehead atoms. The molecule has 3 N–H and O–H groups in total. The van der Waals surface area contributed by atoms with Gasteiger partial charge >= 0.3 is 0 Å². The number of aliphatic hydroxyl groups is 1. The van der Waals surface area contributed by atoms with E-state index in [9.17, 15) is 13.5 Å². The number of aliphatic hydroxyl groups excluding tert-OH is 1. The normalized spacial score (nSPS) is 15.7. The lowest BCUT2D eigenvalue weighted by molar-refractivity contribution is 0.169. The second-order valence-electron chi connectivity index (χ2n) is 3.89. The first kappa shape index (κ1) is 13.0. The molecule has 1 aromatic rings. The minimum Gasteiger partial charge on any atom is -0.399 e. The first-order chi connectivity index (χ1) is 7.36. The molecule has 1 rings (SSSR count). The summed E-state index contributed by atoms with van der Waals surface area (Å²) in [6, 6.07) is 6.66. The van der Waals surface area contributed by atoms with Crippen LogP contribution in [0.2, 0.25) is 0 Å². The maximum absolute atomic E-state index is 11.5. The van der Waals surface area contributed by atoms with E-state index in [-0.39, 0.29) is 0 Å². The monoisotopic (exact) mass is 243 g/mol. The third-order valence-electron chi connectivity index (χ3n) is 2.56. The van der Waals surface area contributed by atoms with Gasteiger partial charge in [-0.05, 0) is 24.1 Å². The zero-order valence-corrected chi connectivity index (χ0v) is 10.2. The molecule has 0 heterocycles. The number of nitrogen functional groups attached to an aromatic ring is 1. The molecule has 1 aromatic carbocycles. The van der Waals surface area contributed by atoms with E-state index in [1.807, 2.05) is 0 Å². The smallest absolute Gasteiger partial charge is 0.153 e. The van der Waals surface area contributed by atoms with Crippen LogP contribution in [0.1, 0.15) is 25.0 Å². The maximum Gasteiger partial charge on any atom is 0.153 e. The topological polar surface area (TPSA) is 80.4 Å². The van der Waals surface area contributed by atoms with Gasteiger partial charge in [-0.1, -0.05) is 19.1 Å². The van der Waals surface area contributed by atoms with Crippen LogP contribution in [0.25, 0.3) is 0 Å². The van der Waals surface area contributed by atoms with E-state index >= 15 is 0 Å². The summed E-state index contributed by atoms with van der Waals surface area (Å²) in [5.41, 5.74) is 6.64. The van der Waals surface area contributed by atoms with Gasteiger partial charge in [-0.15, -0.1) is 0 Å². The second kappa shape index (κ2) is 4.84. The first-order valence-corrected chi connectivity index (χ1v) is 7.04. The third kappa shape index (κ3) is 2.96. The number of benzene rings is 1. The molecule has 4 nitrogen and oxygen atoms in total. The van der Waals surface area contributed by atoms with Gasteiger partial charge in [0.1, 0.15) is 0 Å². The molecule has 0 aromatic heterocycles. The first-order valence-electron chi connectivity index (χ1n) is 5.08. The molecule has 0 saturated heterocycles. The molecule has 2 unspecified atom stereocenters. The molecule has 0 radical (unpaired) electrons. The van der Waals surface area contributed by atoms with Crippen LogP contribution in [0.3, 0.4) is 0 Å². The Kier molecular flexibility index (Phi) is 3.93. The minimum atomic E-state index is -3.27. The highest BCUT2D eigenvalue weighted by Gasteiger charge is 2.28. The van der Waals surface area contributed by atoms with Crippen molar-refractivity contribution in [1.82, 2.24) is 0 Å². The van der Waals surface area contributed by atoms with Gasteiger partial charge in [0.05, 0.1) is 11.4 Å². The van der Waals surface area contributed by atoms with Crippen LogP contribution in [0.4, 0.5) is 5.69 Å². The number of sulfone groups is 1. The van der Waals surface area contributed by atoms with E-state index in [0.29, 0.717) is 17.7 Å². The summed E-state index contributed by atoms with van der Waals surface area (Å²) in [4.78, 5) is 0. The van der Waals surface area contributed by atoms with Gasteiger partial charge in [0, 0.05) is 11.9 Å². The summed E-state index contributed by atoms with van der Waals surface area (Å²) in [6.45, 7) is 1.74. The highest BCUT2D eigenvalue weighted by atomic mass is 32.2. The van der Waals surface area contributed by atoms with Crippen molar-refractivity contribution in [3.05, 3.63) is 29.8 Å². The van der Waals surface area contributed by atoms with Crippen LogP contribution in [0.5, 0.6) is 0 Å². The number of hydrogen-bond donors (Lipinski definition) is 2. The standard InChI is InChI=1S/C11H17NO3S/c1-3-10(16(2,14)15)11(13)8-5-4-6-9(12)7-8/h4-7,10-11,13H,3,12H2,1-2H3. The molecular formula is C11H17NO3S. The van der Waals surface area contributed by atoms with Crippen molar-refractivity contribution in [1.29, 1.82) is 0 Å². The summed E-state index contributed by atoms with van der Waals surface area (Å²) >= 11 is 0. The fraction of sp³-hybridized carbons (Fsp3) is 0.455. The predicted octanol–water partition coefficient (Wildman–Crippen LogP) is 1.13. The molecule has 90 valence electrons. The quantitative estimate of drug-likeness (QED) is 0.777. The molecule has 0 aliphatic carbocycles. The molecule has 0 amide bonds. The minimum absolute atomic E-state index is 0.370. The molecule has 0 fully saturated rings. The average Bonchev–Trinajstić information content (AvgIpc) is 2.16. The summed E-state index contributed by atoms with van der Waals surface area (Å²) < 4.78 is 22.9. The van der Waals surface area contributed by atoms with E-state index in [2.05, 4.69) is 0 Å². The highest BCUT2D eigenvalue weighted by Crippen LogP contribution is 2.25. The lowest BCUT2D eigenvalue weighted by atomic mass is 10.0. The van der Waals surface area contributed by atoms with E-state index in [1.54, 1.807) is 31.2 Å². The predicted molar refractivity (Wildman–Crippen MR) is 64.7 cm³/mol. The van der Waals surface area contributed by atoms with Gasteiger partial charge in [-0.2, -0.15) is 0 Å². The summed E-state index contributed by atoms with van der Waals surface area (Å²) in [5.74, 6) is 0. The molecular weight excluding hydrogens is 226 g/mol. The third-order valence-corrected chi connectivity index (χ3v) is 4.25. The molecule has 5 heteroatoms. The molecule has 0 spiro atoms. The zero-order valence-electron chi connectivity index (χ0n) is 9.42. The van der Waals surface area contributed by atoms with Crippen molar-refractivity contribution < 1.29 is 13.5 Å². The Morgan fingerprint density at radius 3 is 2.50 bits per heavy atom. The van der Waals surface area contributed by atoms with E-state index < -0.39 is 21.2 Å². The number of anilines is 1. The van der Waals surface area contributed by atoms with Gasteiger partial charge in [-0.3, -0.25) is 0 Å². The Balaban J connectivity index is 3.05. The van der Waals surface area contributed by atoms with Crippen LogP contribution in [-0.2, 0) is 9.84 Å². The molecule has 2 atom stereocenters. The Labute approximate surface area is 96.0 Å². The number of nitrogens with two attached hydrogens (primary N) is 1. The Morgan fingerprint density at radius 1 is 1.44 bits per heavy atom. The Hall–Kier alpha value is -1.07. The van der Waals surface area contributed by atoms with Crippen molar-refractivity contribution >= 4 is 15.5 Å². The number of rotatable bonds is 4. The van der Waals surface area contributed by atoms with Crippen LogP contribution in [-0.4, -0.2) is 25.0 Å². The van der Waals surface area contributed by atoms with Gasteiger partial charge in [0.15, 0.2) is 9.84 Å². The lowest BCUT2D eigenvalue weighted by Gasteiger charge is -2.20. The Bertz CT molecular complexity index is 456. The average molecular weight is 243 g/mol. The number of hydrogen-bond acceptors (Lipinski definition) is 4. The molecule has 16 heavy (non-hydrogen) atoms. The lowest BCUT2D eigenvalue weighted by Crippen LogP contribution is -2.26. The molecule has 0 aliphatic heterocycles. The fourth-order valence-corrected chi connectivity index (χ4v) is 2.95. The Morgan fingerprint density at radius 2 is 2.06 bits per heavy atom. The highest BCUT2D eigenvalue weighted by molar-refractivity contribution is 7.91. The molecule has 0 saturated carbocycles. The summed E-state index contributed by atoms with van der Waals surface area (Å²) in [7, 11) is -3.27. The second-order valence-corrected chi connectivity index (χ2v) is 6.16. The summed E-state index contributed by atoms with van der Waals surface area (Å²) in [6.07, 6.45) is 0.481. The summed E-state index contributed by atoms with van der Waals surface area (Å²) in [5, 5.41) is 9.22. The van der Waals surface area contributed by atoms with Crippen molar-refractivity contribution in [2.45, 2.75) is 24.7 Å². The fourth-order valence-electron chi connectivity index (χ4n) is 1.72. The van der Waals surface area contributed by atoms with Crippen LogP contribution in [0, 0.1) is 0 Å². The SMILES string of the molecule is CCC(C(O)c1cccc(N)c1)S(C)(=O)=O. The van der Waals surface area contributed by atoms with Gasteiger partial charge in [0.2, 0.25) is 0 Å². The van der Waals surface area contributed by atoms with E-state index in [1.165, 1.54) is 0 Å². The van der Waals surface area contributed by atoms with Crippen LogP contribution < -0.4 is 5.73 Å². The molecule has 0 aliphatic rings. The van der Waals surface area contributed by atoms with Crippen molar-refractivity contribution in [2.24, 2.45) is 0 Å². The van der Waals surface area contributed by atoms with Gasteiger partial charge in [-0.25, -0.2) is 8.42 Å². The van der Waals surface area contributed by atoms with Crippen molar-refractivity contribution in [3.8, 4) is 0 Å². The largest absolute Gasteiger partial charge is 0.399 e. The van der Waals surface area contributed by atoms with Crippen molar-refractivity contribution in [2.75, 3.05) is 12.0 Å². The zero-order chi connectivity index (χ0) is 12.3. The van der Waals surface area contributed by atoms with E-state index in [4.69, 9.17) is 5.73 Å². The van der Waals surface area contributed by atoms with Crippen molar-refractivity contribution in [3.63, 3.8) is 0 Å².